The molecule has 0 aliphatic carbocycles. The molecule has 0 N–H and O–H groups in total. The highest BCUT2D eigenvalue weighted by molar-refractivity contribution is 5.81. The first-order valence-corrected chi connectivity index (χ1v) is 9.60. The summed E-state index contributed by atoms with van der Waals surface area (Å²) in [6.07, 6.45) is 0.0344. The molecular weight excluding hydrogens is 354 g/mol. The van der Waals surface area contributed by atoms with Gasteiger partial charge >= 0.3 is 12.1 Å². The molecule has 1 heterocycles. The Morgan fingerprint density at radius 2 is 1.68 bits per heavy atom. The van der Waals surface area contributed by atoms with Crippen LogP contribution < -0.4 is 0 Å². The number of rotatable bonds is 5. The second-order valence-electron chi connectivity index (χ2n) is 7.84. The summed E-state index contributed by atoms with van der Waals surface area (Å²) in [6.45, 7) is 6.02. The molecule has 1 aliphatic heterocycles. The first-order valence-electron chi connectivity index (χ1n) is 9.60. The summed E-state index contributed by atoms with van der Waals surface area (Å²) in [5.41, 5.74) is 1.10. The highest BCUT2D eigenvalue weighted by atomic mass is 16.6. The van der Waals surface area contributed by atoms with E-state index in [-0.39, 0.29) is 31.3 Å². The Labute approximate surface area is 166 Å². The number of ether oxygens (including phenoxy) is 2. The fourth-order valence-electron chi connectivity index (χ4n) is 4.10. The summed E-state index contributed by atoms with van der Waals surface area (Å²) in [7, 11) is 0. The number of hydrogen-bond acceptors (Lipinski definition) is 4. The molecule has 28 heavy (non-hydrogen) atoms. The SMILES string of the molecule is CC(C)[C@@H]1N(C(=O)OCc2ccccc2)COC(=O)[C@@]1(C)Cc1ccccc1. The van der Waals surface area contributed by atoms with E-state index in [0.717, 1.165) is 11.1 Å². The van der Waals surface area contributed by atoms with Gasteiger partial charge in [-0.3, -0.25) is 9.69 Å². The Kier molecular flexibility index (Phi) is 6.02. The van der Waals surface area contributed by atoms with Gasteiger partial charge in [0, 0.05) is 0 Å². The molecule has 148 valence electrons. The standard InChI is InChI=1S/C23H27NO4/c1-17(2)20-23(3,14-18-10-6-4-7-11-18)21(25)28-16-24(20)22(26)27-15-19-12-8-5-9-13-19/h4-13,17,20H,14-16H2,1-3H3/t20-,23-/m0/s1. The Morgan fingerprint density at radius 3 is 2.25 bits per heavy atom. The quantitative estimate of drug-likeness (QED) is 0.720. The molecule has 2 atom stereocenters. The van der Waals surface area contributed by atoms with E-state index < -0.39 is 11.5 Å². The third kappa shape index (κ3) is 4.19. The van der Waals surface area contributed by atoms with E-state index in [4.69, 9.17) is 9.47 Å². The number of nitrogens with zero attached hydrogens (tertiary/aromatic N) is 1. The fourth-order valence-corrected chi connectivity index (χ4v) is 4.10. The summed E-state index contributed by atoms with van der Waals surface area (Å²) < 4.78 is 10.9. The van der Waals surface area contributed by atoms with Crippen LogP contribution >= 0.6 is 0 Å². The van der Waals surface area contributed by atoms with Gasteiger partial charge in [-0.2, -0.15) is 0 Å². The number of carbonyl (C=O) groups excluding carboxylic acids is 2. The van der Waals surface area contributed by atoms with Crippen molar-refractivity contribution in [3.8, 4) is 0 Å². The lowest BCUT2D eigenvalue weighted by Gasteiger charge is -2.47. The van der Waals surface area contributed by atoms with Gasteiger partial charge < -0.3 is 9.47 Å². The number of benzene rings is 2. The summed E-state index contributed by atoms with van der Waals surface area (Å²) in [4.78, 5) is 27.2. The van der Waals surface area contributed by atoms with E-state index in [1.54, 1.807) is 4.90 Å². The van der Waals surface area contributed by atoms with E-state index >= 15 is 0 Å². The average Bonchev–Trinajstić information content (AvgIpc) is 2.69. The minimum atomic E-state index is -0.848. The average molecular weight is 381 g/mol. The summed E-state index contributed by atoms with van der Waals surface area (Å²) in [5, 5.41) is 0. The molecule has 3 rings (SSSR count). The van der Waals surface area contributed by atoms with Gasteiger partial charge in [-0.15, -0.1) is 0 Å². The van der Waals surface area contributed by atoms with Crippen LogP contribution in [0.1, 0.15) is 31.9 Å². The predicted octanol–water partition coefficient (Wildman–Crippen LogP) is 4.41. The molecule has 1 fully saturated rings. The molecule has 0 radical (unpaired) electrons. The van der Waals surface area contributed by atoms with Crippen molar-refractivity contribution in [1.29, 1.82) is 0 Å². The zero-order chi connectivity index (χ0) is 20.1. The molecule has 0 unspecified atom stereocenters. The molecule has 5 nitrogen and oxygen atoms in total. The van der Waals surface area contributed by atoms with Crippen LogP contribution in [0.4, 0.5) is 4.79 Å². The molecule has 1 amide bonds. The van der Waals surface area contributed by atoms with Crippen molar-refractivity contribution in [2.24, 2.45) is 11.3 Å². The predicted molar refractivity (Wildman–Crippen MR) is 106 cm³/mol. The molecule has 1 saturated heterocycles. The molecule has 0 aromatic heterocycles. The van der Waals surface area contributed by atoms with E-state index in [2.05, 4.69) is 0 Å². The minimum Gasteiger partial charge on any atom is -0.444 e. The maximum absolute atomic E-state index is 12.8. The number of esters is 1. The number of carbonyl (C=O) groups is 2. The van der Waals surface area contributed by atoms with Gasteiger partial charge in [0.2, 0.25) is 0 Å². The van der Waals surface area contributed by atoms with E-state index in [0.29, 0.717) is 6.42 Å². The third-order valence-corrected chi connectivity index (χ3v) is 5.27. The number of amides is 1. The van der Waals surface area contributed by atoms with Crippen molar-refractivity contribution in [2.75, 3.05) is 6.73 Å². The zero-order valence-corrected chi connectivity index (χ0v) is 16.6. The molecule has 0 spiro atoms. The van der Waals surface area contributed by atoms with Gasteiger partial charge in [-0.05, 0) is 30.4 Å². The lowest BCUT2D eigenvalue weighted by molar-refractivity contribution is -0.181. The van der Waals surface area contributed by atoms with Gasteiger partial charge in [0.25, 0.3) is 0 Å². The lowest BCUT2D eigenvalue weighted by atomic mass is 9.71. The Bertz CT molecular complexity index is 806. The van der Waals surface area contributed by atoms with Crippen molar-refractivity contribution >= 4 is 12.1 Å². The van der Waals surface area contributed by atoms with E-state index in [1.807, 2.05) is 81.4 Å². The molecular formula is C23H27NO4. The Hall–Kier alpha value is -2.82. The number of cyclic esters (lactones) is 1. The molecule has 0 bridgehead atoms. The summed E-state index contributed by atoms with van der Waals surface area (Å²) >= 11 is 0. The fraction of sp³-hybridized carbons (Fsp3) is 0.391. The second-order valence-corrected chi connectivity index (χ2v) is 7.84. The first-order chi connectivity index (χ1) is 13.4. The summed E-state index contributed by atoms with van der Waals surface area (Å²) in [6, 6.07) is 19.0. The topological polar surface area (TPSA) is 55.8 Å². The highest BCUT2D eigenvalue weighted by Crippen LogP contribution is 2.39. The van der Waals surface area contributed by atoms with Gasteiger partial charge in [-0.1, -0.05) is 74.5 Å². The van der Waals surface area contributed by atoms with Crippen LogP contribution in [0.2, 0.25) is 0 Å². The van der Waals surface area contributed by atoms with E-state index in [1.165, 1.54) is 0 Å². The van der Waals surface area contributed by atoms with Crippen LogP contribution in [0.25, 0.3) is 0 Å². The van der Waals surface area contributed by atoms with Crippen LogP contribution in [-0.2, 0) is 27.3 Å². The van der Waals surface area contributed by atoms with Crippen LogP contribution in [0.5, 0.6) is 0 Å². The molecule has 2 aromatic rings. The number of hydrogen-bond donors (Lipinski definition) is 0. The third-order valence-electron chi connectivity index (χ3n) is 5.27. The normalized spacial score (nSPS) is 22.1. The van der Waals surface area contributed by atoms with Crippen LogP contribution in [-0.4, -0.2) is 29.7 Å². The van der Waals surface area contributed by atoms with Crippen molar-refractivity contribution in [3.63, 3.8) is 0 Å². The zero-order valence-electron chi connectivity index (χ0n) is 16.6. The second kappa shape index (κ2) is 8.46. The van der Waals surface area contributed by atoms with Crippen LogP contribution in [0.15, 0.2) is 60.7 Å². The van der Waals surface area contributed by atoms with Crippen molar-refractivity contribution in [3.05, 3.63) is 71.8 Å². The first kappa shape index (κ1) is 19.9. The van der Waals surface area contributed by atoms with Crippen LogP contribution in [0.3, 0.4) is 0 Å². The van der Waals surface area contributed by atoms with Gasteiger partial charge in [0.15, 0.2) is 6.73 Å². The monoisotopic (exact) mass is 381 g/mol. The van der Waals surface area contributed by atoms with Crippen molar-refractivity contribution in [1.82, 2.24) is 4.90 Å². The minimum absolute atomic E-state index is 0.0610. The van der Waals surface area contributed by atoms with Crippen molar-refractivity contribution in [2.45, 2.75) is 39.8 Å². The largest absolute Gasteiger partial charge is 0.444 e. The van der Waals surface area contributed by atoms with Gasteiger partial charge in [-0.25, -0.2) is 4.79 Å². The Balaban J connectivity index is 1.80. The van der Waals surface area contributed by atoms with Crippen molar-refractivity contribution < 1.29 is 19.1 Å². The molecule has 0 saturated carbocycles. The molecule has 2 aromatic carbocycles. The smallest absolute Gasteiger partial charge is 0.413 e. The summed E-state index contributed by atoms with van der Waals surface area (Å²) in [5.74, 6) is -0.215. The van der Waals surface area contributed by atoms with E-state index in [9.17, 15) is 9.59 Å². The van der Waals surface area contributed by atoms with Crippen LogP contribution in [0, 0.1) is 11.3 Å². The maximum Gasteiger partial charge on any atom is 0.413 e. The lowest BCUT2D eigenvalue weighted by Crippen LogP contribution is -2.61. The Morgan fingerprint density at radius 1 is 1.11 bits per heavy atom. The highest BCUT2D eigenvalue weighted by Gasteiger charge is 2.52. The van der Waals surface area contributed by atoms with Gasteiger partial charge in [0.05, 0.1) is 11.5 Å². The molecule has 1 aliphatic rings. The maximum atomic E-state index is 12.8. The van der Waals surface area contributed by atoms with Gasteiger partial charge in [0.1, 0.15) is 6.61 Å². The molecule has 5 heteroatoms.